The minimum atomic E-state index is -2.74. The van der Waals surface area contributed by atoms with E-state index >= 15 is 4.39 Å². The number of carbonyl (C=O) groups is 3. The average molecular weight is 519 g/mol. The number of phenolic OH excluding ortho intramolecular Hbond substituents is 1. The van der Waals surface area contributed by atoms with Gasteiger partial charge in [0.05, 0.1) is 17.3 Å². The van der Waals surface area contributed by atoms with E-state index in [1.807, 2.05) is 0 Å². The van der Waals surface area contributed by atoms with E-state index in [1.165, 1.54) is 26.0 Å². The molecule has 0 aromatic heterocycles. The summed E-state index contributed by atoms with van der Waals surface area (Å²) in [7, 11) is 7.96. The molecule has 4 rings (SSSR count). The van der Waals surface area contributed by atoms with Gasteiger partial charge in [0.1, 0.15) is 28.7 Å². The van der Waals surface area contributed by atoms with Crippen molar-refractivity contribution >= 4 is 28.9 Å². The first-order valence-electron chi connectivity index (χ1n) is 11.7. The van der Waals surface area contributed by atoms with Gasteiger partial charge in [-0.3, -0.25) is 19.3 Å². The van der Waals surface area contributed by atoms with Gasteiger partial charge in [-0.2, -0.15) is 0 Å². The Hall–Kier alpha value is -3.48. The van der Waals surface area contributed by atoms with Gasteiger partial charge in [0.25, 0.3) is 5.91 Å². The first-order valence-corrected chi connectivity index (χ1v) is 11.7. The average Bonchev–Trinajstić information content (AvgIpc) is 2.79. The number of hydrogen-bond acceptors (Lipinski definition) is 10. The highest BCUT2D eigenvalue weighted by Crippen LogP contribution is 2.54. The number of phenols is 1. The molecule has 4 atom stereocenters. The van der Waals surface area contributed by atoms with Gasteiger partial charge < -0.3 is 36.4 Å². The number of carbonyl (C=O) groups excluding carboxylic acids is 3. The van der Waals surface area contributed by atoms with E-state index in [1.54, 1.807) is 19.0 Å². The standard InChI is InChI=1S/C25H31FN4O7/c1-28-17-11(8-29(2)3)16(26)10-6-9-7-12-18(30(4)5)21(33)15(24(27)36)23(35)25(12,37)22(34)13(9)19(31)14(10)20(17)32/h9,12,18,28,31-32,35,37H,6-8H2,1-5H3,(H2,27,36)/t9-,12-,18-,25-/m0/s1. The third-order valence-corrected chi connectivity index (χ3v) is 7.64. The number of amides is 1. The summed E-state index contributed by atoms with van der Waals surface area (Å²) in [4.78, 5) is 42.1. The van der Waals surface area contributed by atoms with Crippen LogP contribution in [0, 0.1) is 17.7 Å². The van der Waals surface area contributed by atoms with Crippen LogP contribution in [0.5, 0.6) is 5.75 Å². The summed E-state index contributed by atoms with van der Waals surface area (Å²) in [5.74, 6) is -8.40. The van der Waals surface area contributed by atoms with Crippen molar-refractivity contribution in [1.29, 1.82) is 0 Å². The lowest BCUT2D eigenvalue weighted by molar-refractivity contribution is -0.153. The molecule has 0 aliphatic heterocycles. The number of rotatable bonds is 5. The van der Waals surface area contributed by atoms with Gasteiger partial charge in [0.15, 0.2) is 11.4 Å². The zero-order valence-corrected chi connectivity index (χ0v) is 21.2. The molecule has 1 amide bonds. The predicted molar refractivity (Wildman–Crippen MR) is 131 cm³/mol. The number of halogens is 1. The number of Topliss-reactive ketones (excluding diaryl/α,β-unsaturated/α-hetero) is 2. The number of ketones is 2. The highest BCUT2D eigenvalue weighted by atomic mass is 19.1. The monoisotopic (exact) mass is 518 g/mol. The van der Waals surface area contributed by atoms with Crippen molar-refractivity contribution in [1.82, 2.24) is 9.80 Å². The number of fused-ring (bicyclic) bond motifs is 3. The molecule has 3 aliphatic rings. The number of aliphatic hydroxyl groups is 3. The number of aromatic hydroxyl groups is 1. The van der Waals surface area contributed by atoms with Crippen LogP contribution < -0.4 is 11.1 Å². The fraction of sp³-hybridized carbons (Fsp3) is 0.480. The largest absolute Gasteiger partial charge is 0.508 e. The van der Waals surface area contributed by atoms with Crippen LogP contribution in [0.1, 0.15) is 23.1 Å². The van der Waals surface area contributed by atoms with Gasteiger partial charge >= 0.3 is 0 Å². The molecule has 12 heteroatoms. The quantitative estimate of drug-likeness (QED) is 0.233. The topological polar surface area (TPSA) is 177 Å². The van der Waals surface area contributed by atoms with E-state index < -0.39 is 69.6 Å². The molecule has 1 aromatic rings. The lowest BCUT2D eigenvalue weighted by atomic mass is 9.57. The minimum absolute atomic E-state index is 0.000956. The van der Waals surface area contributed by atoms with Gasteiger partial charge in [0, 0.05) is 36.2 Å². The number of aliphatic hydroxyl groups excluding tert-OH is 2. The molecule has 0 heterocycles. The second-order valence-corrected chi connectivity index (χ2v) is 10.3. The van der Waals surface area contributed by atoms with Gasteiger partial charge in [-0.1, -0.05) is 0 Å². The molecule has 11 nitrogen and oxygen atoms in total. The molecule has 37 heavy (non-hydrogen) atoms. The SMILES string of the molecule is CNc1c(O)c2c(c(F)c1CN(C)C)C[C@H]1C[C@H]3[C@H](N(C)C)C(=O)C(C(N)=O)=C(O)[C@@]3(O)C(=O)C1=C2O. The third kappa shape index (κ3) is 3.54. The fourth-order valence-electron chi connectivity index (χ4n) is 6.13. The summed E-state index contributed by atoms with van der Waals surface area (Å²) in [6.45, 7) is 0.137. The van der Waals surface area contributed by atoms with Gasteiger partial charge in [-0.05, 0) is 47.0 Å². The van der Waals surface area contributed by atoms with Gasteiger partial charge in [-0.25, -0.2) is 4.39 Å². The zero-order chi connectivity index (χ0) is 27.7. The van der Waals surface area contributed by atoms with Crippen molar-refractivity contribution in [3.05, 3.63) is 39.4 Å². The van der Waals surface area contributed by atoms with Crippen molar-refractivity contribution in [3.63, 3.8) is 0 Å². The molecular weight excluding hydrogens is 487 g/mol. The number of hydrogen-bond donors (Lipinski definition) is 6. The summed E-state index contributed by atoms with van der Waals surface area (Å²) in [6, 6.07) is -1.20. The molecule has 3 aliphatic carbocycles. The Labute approximate surface area is 212 Å². The zero-order valence-electron chi connectivity index (χ0n) is 21.2. The van der Waals surface area contributed by atoms with E-state index in [-0.39, 0.29) is 47.3 Å². The van der Waals surface area contributed by atoms with Crippen LogP contribution in [0.3, 0.4) is 0 Å². The van der Waals surface area contributed by atoms with E-state index in [0.29, 0.717) is 0 Å². The van der Waals surface area contributed by atoms with E-state index in [4.69, 9.17) is 5.73 Å². The van der Waals surface area contributed by atoms with Crippen LogP contribution in [0.4, 0.5) is 10.1 Å². The molecule has 0 saturated heterocycles. The van der Waals surface area contributed by atoms with Crippen LogP contribution in [0.25, 0.3) is 5.76 Å². The van der Waals surface area contributed by atoms with Crippen LogP contribution in [0.2, 0.25) is 0 Å². The van der Waals surface area contributed by atoms with Gasteiger partial charge in [0.2, 0.25) is 5.78 Å². The lowest BCUT2D eigenvalue weighted by Gasteiger charge is -2.50. The Morgan fingerprint density at radius 1 is 1.19 bits per heavy atom. The summed E-state index contributed by atoms with van der Waals surface area (Å²) >= 11 is 0. The number of nitrogens with zero attached hydrogens (tertiary/aromatic N) is 2. The van der Waals surface area contributed by atoms with Crippen molar-refractivity contribution < 1.29 is 39.2 Å². The van der Waals surface area contributed by atoms with Crippen molar-refractivity contribution in [2.24, 2.45) is 17.6 Å². The number of nitrogens with two attached hydrogens (primary N) is 1. The molecule has 1 saturated carbocycles. The molecule has 7 N–H and O–H groups in total. The minimum Gasteiger partial charge on any atom is -0.508 e. The van der Waals surface area contributed by atoms with E-state index in [0.717, 1.165) is 0 Å². The van der Waals surface area contributed by atoms with Crippen LogP contribution in [-0.4, -0.2) is 94.6 Å². The first kappa shape index (κ1) is 26.6. The predicted octanol–water partition coefficient (Wildman–Crippen LogP) is 0.206. The number of likely N-dealkylation sites (N-methyl/N-ethyl adjacent to an activating group) is 1. The molecular formula is C25H31FN4O7. The molecule has 0 bridgehead atoms. The van der Waals surface area contributed by atoms with E-state index in [9.17, 15) is 34.8 Å². The fourth-order valence-corrected chi connectivity index (χ4v) is 6.13. The summed E-state index contributed by atoms with van der Waals surface area (Å²) in [5, 5.41) is 47.5. The smallest absolute Gasteiger partial charge is 0.255 e. The van der Waals surface area contributed by atoms with Crippen LogP contribution >= 0.6 is 0 Å². The second-order valence-electron chi connectivity index (χ2n) is 10.3. The Kier molecular flexibility index (Phi) is 6.34. The Bertz CT molecular complexity index is 1300. The molecule has 200 valence electrons. The number of anilines is 1. The van der Waals surface area contributed by atoms with Crippen LogP contribution in [0.15, 0.2) is 16.9 Å². The Morgan fingerprint density at radius 3 is 2.32 bits per heavy atom. The maximum atomic E-state index is 15.8. The first-order chi connectivity index (χ1) is 17.2. The van der Waals surface area contributed by atoms with Crippen molar-refractivity contribution in [2.45, 2.75) is 31.0 Å². The summed E-state index contributed by atoms with van der Waals surface area (Å²) in [6.07, 6.45) is -0.221. The second kappa shape index (κ2) is 8.82. The highest BCUT2D eigenvalue weighted by Gasteiger charge is 2.64. The maximum Gasteiger partial charge on any atom is 0.255 e. The summed E-state index contributed by atoms with van der Waals surface area (Å²) in [5.41, 5.74) is 1.26. The highest BCUT2D eigenvalue weighted by molar-refractivity contribution is 6.24. The maximum absolute atomic E-state index is 15.8. The number of primary amides is 1. The molecule has 0 radical (unpaired) electrons. The van der Waals surface area contributed by atoms with Gasteiger partial charge in [-0.15, -0.1) is 0 Å². The van der Waals surface area contributed by atoms with Crippen LogP contribution in [-0.2, 0) is 27.3 Å². The molecule has 0 unspecified atom stereocenters. The number of nitrogens with one attached hydrogen (secondary N) is 1. The lowest BCUT2D eigenvalue weighted by Crippen LogP contribution is -2.65. The molecule has 0 spiro atoms. The Morgan fingerprint density at radius 2 is 1.81 bits per heavy atom. The molecule has 1 fully saturated rings. The van der Waals surface area contributed by atoms with E-state index in [2.05, 4.69) is 5.32 Å². The van der Waals surface area contributed by atoms with Crippen molar-refractivity contribution in [2.75, 3.05) is 40.6 Å². The van der Waals surface area contributed by atoms with Crippen molar-refractivity contribution in [3.8, 4) is 5.75 Å². The normalized spacial score (nSPS) is 27.4. The Balaban J connectivity index is 2.00. The number of benzene rings is 1. The third-order valence-electron chi connectivity index (χ3n) is 7.64. The molecule has 1 aromatic carbocycles. The summed E-state index contributed by atoms with van der Waals surface area (Å²) < 4.78 is 15.8.